The van der Waals surface area contributed by atoms with E-state index in [1.807, 2.05) is 20.3 Å². The van der Waals surface area contributed by atoms with Gasteiger partial charge in [0, 0.05) is 22.9 Å². The van der Waals surface area contributed by atoms with Gasteiger partial charge in [-0.25, -0.2) is 9.97 Å². The third-order valence-corrected chi connectivity index (χ3v) is 8.94. The first-order valence-electron chi connectivity index (χ1n) is 13.1. The topological polar surface area (TPSA) is 78.3 Å². The highest BCUT2D eigenvalue weighted by Gasteiger charge is 2.57. The van der Waals surface area contributed by atoms with E-state index in [0.717, 1.165) is 61.4 Å². The fourth-order valence-corrected chi connectivity index (χ4v) is 7.41. The molecule has 4 unspecified atom stereocenters. The van der Waals surface area contributed by atoms with Crippen LogP contribution < -0.4 is 5.32 Å². The highest BCUT2D eigenvalue weighted by molar-refractivity contribution is 5.84. The molecule has 1 aromatic carbocycles. The number of hydrogen-bond acceptors (Lipinski definition) is 5. The van der Waals surface area contributed by atoms with Gasteiger partial charge in [-0.05, 0) is 94.7 Å². The number of nitrogens with one attached hydrogen (secondary N) is 1. The Morgan fingerprint density at radius 1 is 1.14 bits per heavy atom. The molecule has 4 aliphatic rings. The second-order valence-electron chi connectivity index (χ2n) is 11.3. The highest BCUT2D eigenvalue weighted by atomic mass is 16.3. The zero-order valence-electron chi connectivity index (χ0n) is 21.5. The lowest BCUT2D eigenvalue weighted by atomic mass is 9.56. The van der Waals surface area contributed by atoms with Gasteiger partial charge in [0.2, 0.25) is 0 Å². The van der Waals surface area contributed by atoms with Crippen LogP contribution in [0, 0.1) is 17.3 Å². The van der Waals surface area contributed by atoms with Crippen LogP contribution in [0.25, 0.3) is 16.5 Å². The molecular weight excluding hydrogens is 434 g/mol. The van der Waals surface area contributed by atoms with Crippen molar-refractivity contribution in [1.29, 1.82) is 0 Å². The maximum Gasteiger partial charge on any atom is 0.116 e. The van der Waals surface area contributed by atoms with Gasteiger partial charge >= 0.3 is 0 Å². The van der Waals surface area contributed by atoms with Crippen LogP contribution in [0.15, 0.2) is 59.6 Å². The monoisotopic (exact) mass is 473 g/mol. The van der Waals surface area contributed by atoms with Gasteiger partial charge in [0.15, 0.2) is 0 Å². The number of benzene rings is 1. The van der Waals surface area contributed by atoms with Crippen molar-refractivity contribution in [1.82, 2.24) is 15.3 Å². The van der Waals surface area contributed by atoms with Crippen molar-refractivity contribution in [3.8, 4) is 0 Å². The lowest BCUT2D eigenvalue weighted by Gasteiger charge is -2.50. The summed E-state index contributed by atoms with van der Waals surface area (Å²) in [7, 11) is 3.75. The molecule has 6 rings (SSSR count). The molecular formula is C30H39N3O2. The summed E-state index contributed by atoms with van der Waals surface area (Å²) in [6.07, 6.45) is 14.3. The van der Waals surface area contributed by atoms with Crippen molar-refractivity contribution in [3.05, 3.63) is 65.2 Å². The number of nitrogens with zero attached hydrogens (tertiary/aromatic N) is 2. The van der Waals surface area contributed by atoms with E-state index in [1.54, 1.807) is 6.33 Å². The van der Waals surface area contributed by atoms with Gasteiger partial charge < -0.3 is 15.5 Å². The van der Waals surface area contributed by atoms with E-state index in [-0.39, 0.29) is 17.4 Å². The second kappa shape index (κ2) is 9.27. The van der Waals surface area contributed by atoms with Crippen LogP contribution in [0.3, 0.4) is 0 Å². The largest absolute Gasteiger partial charge is 0.393 e. The van der Waals surface area contributed by atoms with Gasteiger partial charge in [-0.1, -0.05) is 42.4 Å². The lowest BCUT2D eigenvalue weighted by Crippen LogP contribution is -2.49. The molecule has 0 bridgehead atoms. The van der Waals surface area contributed by atoms with Crippen LogP contribution in [0.1, 0.15) is 64.4 Å². The molecule has 1 heterocycles. The average molecular weight is 474 g/mol. The number of aliphatic hydroxyl groups is 2. The minimum atomic E-state index is -0.802. The first-order valence-corrected chi connectivity index (χ1v) is 13.1. The zero-order chi connectivity index (χ0) is 24.8. The average Bonchev–Trinajstić information content (AvgIpc) is 3.10. The predicted octanol–water partition coefficient (Wildman–Crippen LogP) is 5.21. The quantitative estimate of drug-likeness (QED) is 0.530. The Balaban J connectivity index is 0.000000806. The molecule has 0 radical (unpaired) electrons. The molecule has 5 heteroatoms. The molecule has 0 spiro atoms. The minimum Gasteiger partial charge on any atom is -0.393 e. The van der Waals surface area contributed by atoms with E-state index in [4.69, 9.17) is 0 Å². The number of aromatic nitrogens is 2. The van der Waals surface area contributed by atoms with Crippen LogP contribution in [0.4, 0.5) is 0 Å². The van der Waals surface area contributed by atoms with Gasteiger partial charge in [-0.15, -0.1) is 0 Å². The molecule has 186 valence electrons. The Hall–Kier alpha value is -2.34. The van der Waals surface area contributed by atoms with Crippen LogP contribution in [0.2, 0.25) is 0 Å². The fraction of sp³-hybridized carbons (Fsp3) is 0.533. The van der Waals surface area contributed by atoms with Gasteiger partial charge in [-0.3, -0.25) is 0 Å². The number of rotatable bonds is 1. The van der Waals surface area contributed by atoms with Crippen molar-refractivity contribution in [3.63, 3.8) is 0 Å². The van der Waals surface area contributed by atoms with Gasteiger partial charge in [0.1, 0.15) is 6.33 Å². The maximum atomic E-state index is 12.3. The predicted molar refractivity (Wildman–Crippen MR) is 142 cm³/mol. The molecule has 4 aliphatic carbocycles. The number of hydrogen-bond donors (Lipinski definition) is 3. The Morgan fingerprint density at radius 2 is 1.94 bits per heavy atom. The van der Waals surface area contributed by atoms with Crippen LogP contribution in [0.5, 0.6) is 0 Å². The van der Waals surface area contributed by atoms with Crippen molar-refractivity contribution in [2.45, 2.75) is 70.5 Å². The third kappa shape index (κ3) is 4.08. The summed E-state index contributed by atoms with van der Waals surface area (Å²) in [5, 5.41) is 26.4. The van der Waals surface area contributed by atoms with Crippen molar-refractivity contribution >= 4 is 16.5 Å². The molecule has 0 aliphatic heterocycles. The summed E-state index contributed by atoms with van der Waals surface area (Å²) in [6, 6.07) is 6.48. The standard InChI is InChI=1S/C28H32N2O2.C2H7N/c1-17-14-27(2)23(19-3-4-20-15-29-16-30-25(20)13-19)7-8-26(27)28(32)10-9-18-5-6-22(31)11-21(18)12-24(17)28;1-3-2/h3-4,7,12-13,15-16,18,22,26,31-32H,5-6,8-11,14H2,1-2H3;3H,1-2H3/t18?,22?,26?,27?,28-;/m1./s1. The van der Waals surface area contributed by atoms with Crippen LogP contribution >= 0.6 is 0 Å². The molecule has 3 N–H and O–H groups in total. The molecule has 1 aromatic heterocycles. The van der Waals surface area contributed by atoms with E-state index in [0.29, 0.717) is 5.92 Å². The summed E-state index contributed by atoms with van der Waals surface area (Å²) in [6.45, 7) is 4.57. The molecule has 5 atom stereocenters. The lowest BCUT2D eigenvalue weighted by molar-refractivity contribution is -0.0354. The first-order chi connectivity index (χ1) is 16.8. The summed E-state index contributed by atoms with van der Waals surface area (Å²) in [4.78, 5) is 8.61. The smallest absolute Gasteiger partial charge is 0.116 e. The van der Waals surface area contributed by atoms with Gasteiger partial charge in [0.25, 0.3) is 0 Å². The van der Waals surface area contributed by atoms with Crippen molar-refractivity contribution < 1.29 is 10.2 Å². The van der Waals surface area contributed by atoms with Gasteiger partial charge in [0.05, 0.1) is 17.2 Å². The molecule has 1 fully saturated rings. The minimum absolute atomic E-state index is 0.101. The highest BCUT2D eigenvalue weighted by Crippen LogP contribution is 2.62. The van der Waals surface area contributed by atoms with E-state index in [2.05, 4.69) is 59.5 Å². The number of fused-ring (bicyclic) bond motifs is 5. The van der Waals surface area contributed by atoms with E-state index >= 15 is 0 Å². The first kappa shape index (κ1) is 24.4. The van der Waals surface area contributed by atoms with E-state index < -0.39 is 5.60 Å². The molecule has 35 heavy (non-hydrogen) atoms. The summed E-state index contributed by atoms with van der Waals surface area (Å²) < 4.78 is 0. The Bertz CT molecular complexity index is 1220. The summed E-state index contributed by atoms with van der Waals surface area (Å²) in [5.41, 5.74) is 6.43. The third-order valence-electron chi connectivity index (χ3n) is 8.94. The van der Waals surface area contributed by atoms with Crippen molar-refractivity contribution in [2.24, 2.45) is 17.3 Å². The summed E-state index contributed by atoms with van der Waals surface area (Å²) >= 11 is 0. The fourth-order valence-electron chi connectivity index (χ4n) is 7.41. The SMILES string of the molecule is CC1=C2C=C3CC(O)CCC3CC[C@]2(O)C2CC=C(c3ccc4cncnc4c3)C2(C)C1.CNC. The Morgan fingerprint density at radius 3 is 2.74 bits per heavy atom. The van der Waals surface area contributed by atoms with Gasteiger partial charge in [-0.2, -0.15) is 0 Å². The summed E-state index contributed by atoms with van der Waals surface area (Å²) in [5.74, 6) is 0.681. The molecule has 0 amide bonds. The molecule has 5 nitrogen and oxygen atoms in total. The van der Waals surface area contributed by atoms with E-state index in [9.17, 15) is 10.2 Å². The molecule has 1 saturated carbocycles. The maximum absolute atomic E-state index is 12.3. The zero-order valence-corrected chi connectivity index (χ0v) is 21.5. The molecule has 0 saturated heterocycles. The second-order valence-corrected chi connectivity index (χ2v) is 11.3. The normalized spacial score (nSPS) is 34.1. The van der Waals surface area contributed by atoms with Crippen molar-refractivity contribution in [2.75, 3.05) is 14.1 Å². The number of allylic oxidation sites excluding steroid dienone is 3. The number of aliphatic hydroxyl groups excluding tert-OH is 1. The van der Waals surface area contributed by atoms with E-state index in [1.165, 1.54) is 22.3 Å². The Kier molecular flexibility index (Phi) is 6.45. The molecule has 2 aromatic rings. The Labute approximate surface area is 209 Å². The van der Waals surface area contributed by atoms with Crippen LogP contribution in [-0.2, 0) is 0 Å². The van der Waals surface area contributed by atoms with Crippen LogP contribution in [-0.4, -0.2) is 46.0 Å².